The van der Waals surface area contributed by atoms with Gasteiger partial charge in [-0.2, -0.15) is 0 Å². The van der Waals surface area contributed by atoms with Crippen molar-refractivity contribution < 1.29 is 13.6 Å². The van der Waals surface area contributed by atoms with Crippen molar-refractivity contribution in [1.82, 2.24) is 0 Å². The number of rotatable bonds is 8. The molecule has 3 nitrogen and oxygen atoms in total. The van der Waals surface area contributed by atoms with E-state index in [9.17, 15) is 4.57 Å². The number of benzene rings is 1. The summed E-state index contributed by atoms with van der Waals surface area (Å²) in [6.07, 6.45) is 6.95. The van der Waals surface area contributed by atoms with Gasteiger partial charge in [0, 0.05) is 0 Å². The minimum absolute atomic E-state index is 0.395. The molecule has 1 aromatic rings. The van der Waals surface area contributed by atoms with Gasteiger partial charge in [0.1, 0.15) is 0 Å². The molecule has 1 aliphatic carbocycles. The molecule has 0 saturated carbocycles. The summed E-state index contributed by atoms with van der Waals surface area (Å²) in [6, 6.07) is 10.5. The second kappa shape index (κ2) is 9.82. The fourth-order valence-corrected chi connectivity index (χ4v) is 7.94. The van der Waals surface area contributed by atoms with Crippen molar-refractivity contribution in [3.8, 4) is 0 Å². The Labute approximate surface area is 149 Å². The molecule has 0 aliphatic heterocycles. The SMILES string of the molecule is CCOP(=O)(/C=C(\[Te]c1ccccc1)C1=CCCCC1)OCC. The van der Waals surface area contributed by atoms with E-state index in [2.05, 4.69) is 30.3 Å². The zero-order chi connectivity index (χ0) is 16.5. The van der Waals surface area contributed by atoms with Crippen molar-refractivity contribution in [2.75, 3.05) is 13.2 Å². The van der Waals surface area contributed by atoms with E-state index in [1.165, 1.54) is 25.6 Å². The van der Waals surface area contributed by atoms with Gasteiger partial charge in [0.25, 0.3) is 0 Å². The summed E-state index contributed by atoms with van der Waals surface area (Å²) in [5.41, 5.74) is 1.35. The Morgan fingerprint density at radius 2 is 1.87 bits per heavy atom. The van der Waals surface area contributed by atoms with Gasteiger partial charge < -0.3 is 0 Å². The zero-order valence-corrected chi connectivity index (χ0v) is 17.1. The summed E-state index contributed by atoms with van der Waals surface area (Å²) in [5, 5.41) is 0. The van der Waals surface area contributed by atoms with Crippen LogP contribution >= 0.6 is 7.60 Å². The Hall–Kier alpha value is -0.360. The van der Waals surface area contributed by atoms with Crippen LogP contribution in [-0.2, 0) is 13.6 Å². The maximum atomic E-state index is 12.9. The third-order valence-corrected chi connectivity index (χ3v) is 8.99. The fourth-order valence-electron chi connectivity index (χ4n) is 2.47. The molecule has 23 heavy (non-hydrogen) atoms. The topological polar surface area (TPSA) is 35.5 Å². The first-order valence-corrected chi connectivity index (χ1v) is 12.1. The van der Waals surface area contributed by atoms with E-state index in [1.54, 1.807) is 0 Å². The Morgan fingerprint density at radius 3 is 2.43 bits per heavy atom. The van der Waals surface area contributed by atoms with Crippen LogP contribution in [0.3, 0.4) is 0 Å². The van der Waals surface area contributed by atoms with Crippen molar-refractivity contribution in [3.63, 3.8) is 0 Å². The maximum absolute atomic E-state index is 12.9. The van der Waals surface area contributed by atoms with Gasteiger partial charge in [0.15, 0.2) is 0 Å². The molecule has 126 valence electrons. The summed E-state index contributed by atoms with van der Waals surface area (Å²) in [4.78, 5) is 0. The molecule has 0 heterocycles. The van der Waals surface area contributed by atoms with Gasteiger partial charge in [-0.25, -0.2) is 0 Å². The molecule has 0 atom stereocenters. The first-order valence-electron chi connectivity index (χ1n) is 8.21. The summed E-state index contributed by atoms with van der Waals surface area (Å²) in [7, 11) is -3.15. The number of hydrogen-bond donors (Lipinski definition) is 0. The Kier molecular flexibility index (Phi) is 8.10. The average molecular weight is 448 g/mol. The second-order valence-electron chi connectivity index (χ2n) is 5.26. The van der Waals surface area contributed by atoms with Crippen molar-refractivity contribution in [1.29, 1.82) is 0 Å². The summed E-state index contributed by atoms with van der Waals surface area (Å²) in [6.45, 7) is 4.50. The fraction of sp³-hybridized carbons (Fsp3) is 0.444. The minimum atomic E-state index is -3.15. The third-order valence-electron chi connectivity index (χ3n) is 3.47. The Morgan fingerprint density at radius 1 is 1.17 bits per heavy atom. The van der Waals surface area contributed by atoms with Crippen LogP contribution in [0, 0.1) is 0 Å². The van der Waals surface area contributed by atoms with Gasteiger partial charge in [-0.3, -0.25) is 0 Å². The van der Waals surface area contributed by atoms with Crippen LogP contribution in [-0.4, -0.2) is 34.1 Å². The normalized spacial score (nSPS) is 16.3. The predicted octanol–water partition coefficient (Wildman–Crippen LogP) is 4.62. The van der Waals surface area contributed by atoms with Crippen LogP contribution in [0.2, 0.25) is 0 Å². The van der Waals surface area contributed by atoms with E-state index in [0.717, 1.165) is 12.8 Å². The van der Waals surface area contributed by atoms with E-state index in [-0.39, 0.29) is 0 Å². The average Bonchev–Trinajstić information content (AvgIpc) is 2.56. The van der Waals surface area contributed by atoms with Crippen molar-refractivity contribution in [2.24, 2.45) is 0 Å². The van der Waals surface area contributed by atoms with Crippen molar-refractivity contribution in [3.05, 3.63) is 51.4 Å². The molecule has 0 aromatic heterocycles. The van der Waals surface area contributed by atoms with Gasteiger partial charge in [-0.15, -0.1) is 0 Å². The summed E-state index contributed by atoms with van der Waals surface area (Å²) >= 11 is -0.602. The van der Waals surface area contributed by atoms with Gasteiger partial charge in [-0.05, 0) is 0 Å². The molecular formula is C18H25O3PTe. The van der Waals surface area contributed by atoms with E-state index in [0.29, 0.717) is 13.2 Å². The van der Waals surface area contributed by atoms with Crippen LogP contribution in [0.4, 0.5) is 0 Å². The molecule has 1 aromatic carbocycles. The third kappa shape index (κ3) is 6.22. The molecule has 2 rings (SSSR count). The van der Waals surface area contributed by atoms with Crippen molar-refractivity contribution >= 4 is 32.1 Å². The molecule has 0 radical (unpaired) electrons. The van der Waals surface area contributed by atoms with Crippen LogP contribution in [0.15, 0.2) is 51.4 Å². The quantitative estimate of drug-likeness (QED) is 0.430. The first-order chi connectivity index (χ1) is 11.2. The molecule has 0 bridgehead atoms. The number of hydrogen-bond acceptors (Lipinski definition) is 3. The van der Waals surface area contributed by atoms with E-state index >= 15 is 0 Å². The van der Waals surface area contributed by atoms with Crippen LogP contribution in [0.1, 0.15) is 39.5 Å². The van der Waals surface area contributed by atoms with Crippen LogP contribution in [0.5, 0.6) is 0 Å². The molecular weight excluding hydrogens is 423 g/mol. The van der Waals surface area contributed by atoms with E-state index in [4.69, 9.17) is 9.05 Å². The van der Waals surface area contributed by atoms with Crippen molar-refractivity contribution in [2.45, 2.75) is 39.5 Å². The van der Waals surface area contributed by atoms with E-state index < -0.39 is 28.5 Å². The summed E-state index contributed by atoms with van der Waals surface area (Å²) < 4.78 is 26.4. The summed E-state index contributed by atoms with van der Waals surface area (Å²) in [5.74, 6) is 1.81. The predicted molar refractivity (Wildman–Crippen MR) is 97.3 cm³/mol. The number of allylic oxidation sites excluding steroid dienone is 3. The van der Waals surface area contributed by atoms with Gasteiger partial charge in [0.05, 0.1) is 0 Å². The molecule has 1 aliphatic rings. The second-order valence-corrected chi connectivity index (χ2v) is 10.3. The monoisotopic (exact) mass is 450 g/mol. The molecule has 0 amide bonds. The Balaban J connectivity index is 2.33. The van der Waals surface area contributed by atoms with E-state index in [1.807, 2.05) is 25.7 Å². The first kappa shape index (κ1) is 19.0. The molecule has 0 spiro atoms. The van der Waals surface area contributed by atoms with Gasteiger partial charge in [0.2, 0.25) is 0 Å². The van der Waals surface area contributed by atoms with Gasteiger partial charge >= 0.3 is 150 Å². The molecule has 0 saturated heterocycles. The molecule has 5 heteroatoms. The van der Waals surface area contributed by atoms with Crippen LogP contribution < -0.4 is 3.61 Å². The molecule has 0 N–H and O–H groups in total. The molecule has 0 fully saturated rings. The van der Waals surface area contributed by atoms with Crippen LogP contribution in [0.25, 0.3) is 0 Å². The molecule has 0 unspecified atom stereocenters. The van der Waals surface area contributed by atoms with Gasteiger partial charge in [-0.1, -0.05) is 0 Å². The zero-order valence-electron chi connectivity index (χ0n) is 13.9. The standard InChI is InChI=1S/C18H25O3PTe/c1-3-20-22(19,21-4-2)15-18(16-11-7-5-8-12-16)23-17-13-9-6-10-14-17/h6,9-11,13-15H,3-5,7-8,12H2,1-2H3/b18-15-. The Bertz CT molecular complexity index is 586.